The largest absolute Gasteiger partial charge is 0.384 e. The number of nitrogens with two attached hydrogens (primary N) is 1. The molecule has 0 aliphatic carbocycles. The van der Waals surface area contributed by atoms with E-state index in [0.29, 0.717) is 16.9 Å². The topological polar surface area (TPSA) is 73.8 Å². The first-order valence-electron chi connectivity index (χ1n) is 7.14. The number of anilines is 1. The Balaban J connectivity index is 0.000000829. The van der Waals surface area contributed by atoms with Gasteiger partial charge in [0, 0.05) is 6.04 Å². The van der Waals surface area contributed by atoms with Gasteiger partial charge in [0.25, 0.3) is 5.56 Å². The number of hydrogen-bond donors (Lipinski definition) is 1. The first-order chi connectivity index (χ1) is 9.50. The molecule has 0 radical (unpaired) electrons. The van der Waals surface area contributed by atoms with E-state index >= 15 is 0 Å². The van der Waals surface area contributed by atoms with E-state index in [9.17, 15) is 4.79 Å². The van der Waals surface area contributed by atoms with Crippen LogP contribution in [0.4, 0.5) is 5.82 Å². The predicted molar refractivity (Wildman–Crippen MR) is 86.0 cm³/mol. The van der Waals surface area contributed by atoms with E-state index < -0.39 is 0 Å². The molecule has 2 N–H and O–H groups in total. The van der Waals surface area contributed by atoms with Crippen LogP contribution in [0, 0.1) is 6.92 Å². The fraction of sp³-hybridized carbons (Fsp3) is 0.533. The van der Waals surface area contributed by atoms with Crippen LogP contribution in [0.15, 0.2) is 17.2 Å². The molecular weight excluding hydrogens is 252 g/mol. The lowest BCUT2D eigenvalue weighted by Gasteiger charge is -2.10. The van der Waals surface area contributed by atoms with E-state index in [0.717, 1.165) is 5.56 Å². The number of rotatable bonds is 1. The molecular formula is C15H26N4O. The van der Waals surface area contributed by atoms with Gasteiger partial charge in [0.05, 0.1) is 5.39 Å². The SMILES string of the molecule is CC.CC.Cc1cc(N)nc2ncn(C(C)C)c(=O)c12. The molecule has 2 heterocycles. The van der Waals surface area contributed by atoms with Gasteiger partial charge in [0.15, 0.2) is 5.65 Å². The van der Waals surface area contributed by atoms with Gasteiger partial charge in [-0.05, 0) is 32.4 Å². The molecule has 5 nitrogen and oxygen atoms in total. The van der Waals surface area contributed by atoms with Crippen LogP contribution in [0.5, 0.6) is 0 Å². The molecule has 0 saturated heterocycles. The van der Waals surface area contributed by atoms with Gasteiger partial charge in [-0.25, -0.2) is 9.97 Å². The Morgan fingerprint density at radius 2 is 1.75 bits per heavy atom. The molecule has 0 fully saturated rings. The van der Waals surface area contributed by atoms with Crippen molar-refractivity contribution in [3.63, 3.8) is 0 Å². The van der Waals surface area contributed by atoms with Crippen LogP contribution in [0.3, 0.4) is 0 Å². The summed E-state index contributed by atoms with van der Waals surface area (Å²) in [6.07, 6.45) is 1.52. The zero-order valence-electron chi connectivity index (χ0n) is 13.6. The van der Waals surface area contributed by atoms with Crippen molar-refractivity contribution in [3.8, 4) is 0 Å². The Hall–Kier alpha value is -1.91. The molecule has 0 spiro atoms. The maximum absolute atomic E-state index is 12.1. The van der Waals surface area contributed by atoms with E-state index in [2.05, 4.69) is 9.97 Å². The summed E-state index contributed by atoms with van der Waals surface area (Å²) in [6.45, 7) is 13.7. The zero-order valence-corrected chi connectivity index (χ0v) is 13.6. The van der Waals surface area contributed by atoms with Gasteiger partial charge in [-0.3, -0.25) is 9.36 Å². The van der Waals surface area contributed by atoms with Crippen molar-refractivity contribution in [1.29, 1.82) is 0 Å². The molecule has 0 saturated carbocycles. The first-order valence-corrected chi connectivity index (χ1v) is 7.14. The molecule has 112 valence electrons. The second kappa shape index (κ2) is 8.30. The minimum Gasteiger partial charge on any atom is -0.384 e. The Morgan fingerprint density at radius 3 is 2.25 bits per heavy atom. The minimum absolute atomic E-state index is 0.0648. The van der Waals surface area contributed by atoms with Gasteiger partial charge in [0.2, 0.25) is 0 Å². The van der Waals surface area contributed by atoms with E-state index in [-0.39, 0.29) is 11.6 Å². The monoisotopic (exact) mass is 278 g/mol. The fourth-order valence-electron chi connectivity index (χ4n) is 1.70. The predicted octanol–water partition coefficient (Wildman–Crippen LogP) is 3.32. The second-order valence-corrected chi connectivity index (χ2v) is 4.11. The summed E-state index contributed by atoms with van der Waals surface area (Å²) in [5.74, 6) is 0.388. The lowest BCUT2D eigenvalue weighted by molar-refractivity contribution is 0.573. The smallest absolute Gasteiger partial charge is 0.263 e. The van der Waals surface area contributed by atoms with Crippen LogP contribution in [-0.2, 0) is 0 Å². The highest BCUT2D eigenvalue weighted by molar-refractivity contribution is 5.79. The highest BCUT2D eigenvalue weighted by atomic mass is 16.1. The van der Waals surface area contributed by atoms with Crippen LogP contribution in [-0.4, -0.2) is 14.5 Å². The average molecular weight is 278 g/mol. The number of hydrogen-bond acceptors (Lipinski definition) is 4. The van der Waals surface area contributed by atoms with E-state index in [1.165, 1.54) is 6.33 Å². The zero-order chi connectivity index (χ0) is 15.9. The first kappa shape index (κ1) is 18.1. The summed E-state index contributed by atoms with van der Waals surface area (Å²) >= 11 is 0. The number of aryl methyl sites for hydroxylation is 1. The molecule has 20 heavy (non-hydrogen) atoms. The average Bonchev–Trinajstić information content (AvgIpc) is 2.42. The van der Waals surface area contributed by atoms with E-state index in [1.54, 1.807) is 10.6 Å². The fourth-order valence-corrected chi connectivity index (χ4v) is 1.70. The molecule has 0 amide bonds. The Bertz CT molecular complexity index is 603. The van der Waals surface area contributed by atoms with Crippen LogP contribution in [0.1, 0.15) is 53.1 Å². The normalized spacial score (nSPS) is 9.60. The molecule has 5 heteroatoms. The highest BCUT2D eigenvalue weighted by Gasteiger charge is 2.10. The minimum atomic E-state index is -0.0648. The van der Waals surface area contributed by atoms with Gasteiger partial charge >= 0.3 is 0 Å². The Kier molecular flexibility index (Phi) is 7.51. The highest BCUT2D eigenvalue weighted by Crippen LogP contribution is 2.13. The third kappa shape index (κ3) is 3.79. The summed E-state index contributed by atoms with van der Waals surface area (Å²) in [6, 6.07) is 1.78. The number of aromatic nitrogens is 3. The summed E-state index contributed by atoms with van der Waals surface area (Å²) in [5.41, 5.74) is 6.78. The quantitative estimate of drug-likeness (QED) is 0.868. The molecule has 0 unspecified atom stereocenters. The molecule has 0 bridgehead atoms. The number of pyridine rings is 1. The molecule has 0 aromatic carbocycles. The van der Waals surface area contributed by atoms with Crippen molar-refractivity contribution in [2.24, 2.45) is 0 Å². The number of nitrogens with zero attached hydrogens (tertiary/aromatic N) is 3. The maximum Gasteiger partial charge on any atom is 0.263 e. The van der Waals surface area contributed by atoms with Crippen molar-refractivity contribution in [1.82, 2.24) is 14.5 Å². The second-order valence-electron chi connectivity index (χ2n) is 4.11. The van der Waals surface area contributed by atoms with Gasteiger partial charge in [-0.2, -0.15) is 0 Å². The van der Waals surface area contributed by atoms with E-state index in [1.807, 2.05) is 48.5 Å². The van der Waals surface area contributed by atoms with Gasteiger partial charge < -0.3 is 5.73 Å². The summed E-state index contributed by atoms with van der Waals surface area (Å²) in [4.78, 5) is 20.4. The molecule has 2 rings (SSSR count). The molecule has 0 aliphatic rings. The Morgan fingerprint density at radius 1 is 1.20 bits per heavy atom. The molecule has 0 aliphatic heterocycles. The van der Waals surface area contributed by atoms with Crippen LogP contribution >= 0.6 is 0 Å². The molecule has 0 atom stereocenters. The lowest BCUT2D eigenvalue weighted by atomic mass is 10.2. The molecule has 2 aromatic rings. The van der Waals surface area contributed by atoms with Crippen LogP contribution < -0.4 is 11.3 Å². The summed E-state index contributed by atoms with van der Waals surface area (Å²) < 4.78 is 1.59. The molecule has 2 aromatic heterocycles. The van der Waals surface area contributed by atoms with E-state index in [4.69, 9.17) is 5.73 Å². The van der Waals surface area contributed by atoms with Gasteiger partial charge in [0.1, 0.15) is 12.1 Å². The summed E-state index contributed by atoms with van der Waals surface area (Å²) in [7, 11) is 0. The Labute approximate surface area is 120 Å². The lowest BCUT2D eigenvalue weighted by Crippen LogP contribution is -2.23. The van der Waals surface area contributed by atoms with Crippen molar-refractivity contribution in [2.45, 2.75) is 54.5 Å². The van der Waals surface area contributed by atoms with Crippen molar-refractivity contribution < 1.29 is 0 Å². The standard InChI is InChI=1S/C11H14N4O.2C2H6/c1-6(2)15-5-13-10-9(11(15)16)7(3)4-8(12)14-10;2*1-2/h4-6H,1-3H3,(H2,12,14);2*1-2H3. The van der Waals surface area contributed by atoms with Crippen molar-refractivity contribution in [2.75, 3.05) is 5.73 Å². The summed E-state index contributed by atoms with van der Waals surface area (Å²) in [5, 5.41) is 0.547. The maximum atomic E-state index is 12.1. The number of fused-ring (bicyclic) bond motifs is 1. The van der Waals surface area contributed by atoms with Gasteiger partial charge in [-0.1, -0.05) is 27.7 Å². The van der Waals surface area contributed by atoms with Gasteiger partial charge in [-0.15, -0.1) is 0 Å². The van der Waals surface area contributed by atoms with Crippen molar-refractivity contribution in [3.05, 3.63) is 28.3 Å². The van der Waals surface area contributed by atoms with Crippen molar-refractivity contribution >= 4 is 16.9 Å². The number of nitrogen functional groups attached to an aromatic ring is 1. The third-order valence-electron chi connectivity index (χ3n) is 2.53. The third-order valence-corrected chi connectivity index (χ3v) is 2.53. The van der Waals surface area contributed by atoms with Crippen LogP contribution in [0.25, 0.3) is 11.0 Å². The van der Waals surface area contributed by atoms with Crippen LogP contribution in [0.2, 0.25) is 0 Å².